The van der Waals surface area contributed by atoms with E-state index in [0.717, 1.165) is 9.93 Å². The van der Waals surface area contributed by atoms with Gasteiger partial charge in [0, 0.05) is 67.1 Å². The average molecular weight is 541 g/mol. The van der Waals surface area contributed by atoms with Gasteiger partial charge < -0.3 is 15.1 Å². The lowest BCUT2D eigenvalue weighted by Crippen LogP contribution is -2.36. The molecular weight excluding hydrogens is 517 g/mol. The third-order valence-corrected chi connectivity index (χ3v) is 9.41. The Balaban J connectivity index is 1.42. The van der Waals surface area contributed by atoms with E-state index in [1.807, 2.05) is 24.3 Å². The van der Waals surface area contributed by atoms with E-state index in [2.05, 4.69) is 4.98 Å². The van der Waals surface area contributed by atoms with Crippen LogP contribution in [0.4, 0.5) is 0 Å². The highest BCUT2D eigenvalue weighted by atomic mass is 33.1. The van der Waals surface area contributed by atoms with Gasteiger partial charge in [0.05, 0.1) is 6.42 Å². The molecule has 1 fully saturated rings. The standard InChI is InChI=1S/C21H24N4O5S4/c22-14-15-13-16(15)33-31-11-9-24(10-12-32-34-17-3-1-2-8-23-17)18(26)6-7-21(29)30-25-19(27)4-5-20(25)28/h1-3,8,13-15,22H,4-7,9-12H2. The Morgan fingerprint density at radius 1 is 1.12 bits per heavy atom. The van der Waals surface area contributed by atoms with Crippen LogP contribution in [0.25, 0.3) is 0 Å². The van der Waals surface area contributed by atoms with Crippen molar-refractivity contribution in [2.75, 3.05) is 24.6 Å². The molecule has 3 rings (SSSR count). The first kappa shape index (κ1) is 26.6. The fourth-order valence-electron chi connectivity index (χ4n) is 2.78. The Bertz CT molecular complexity index is 930. The van der Waals surface area contributed by atoms with Gasteiger partial charge in [-0.15, -0.1) is 5.06 Å². The van der Waals surface area contributed by atoms with Gasteiger partial charge >= 0.3 is 5.97 Å². The molecule has 0 spiro atoms. The minimum absolute atomic E-state index is 0.0279. The van der Waals surface area contributed by atoms with Crippen LogP contribution < -0.4 is 0 Å². The summed E-state index contributed by atoms with van der Waals surface area (Å²) in [5.41, 5.74) is 0. The number of rotatable bonds is 15. The number of hydrogen-bond acceptors (Lipinski definition) is 11. The third kappa shape index (κ3) is 8.67. The fraction of sp³-hybridized carbons (Fsp3) is 0.429. The molecule has 0 saturated carbocycles. The first-order valence-electron chi connectivity index (χ1n) is 10.5. The summed E-state index contributed by atoms with van der Waals surface area (Å²) in [7, 11) is 6.38. The van der Waals surface area contributed by atoms with E-state index < -0.39 is 17.8 Å². The molecule has 1 aromatic rings. The molecule has 13 heteroatoms. The van der Waals surface area contributed by atoms with Crippen molar-refractivity contribution in [3.8, 4) is 0 Å². The summed E-state index contributed by atoms with van der Waals surface area (Å²) in [5.74, 6) is -0.493. The van der Waals surface area contributed by atoms with Crippen molar-refractivity contribution in [3.63, 3.8) is 0 Å². The van der Waals surface area contributed by atoms with Crippen molar-refractivity contribution in [1.29, 1.82) is 5.41 Å². The lowest BCUT2D eigenvalue weighted by Gasteiger charge is -2.22. The number of amides is 3. The largest absolute Gasteiger partial charge is 0.341 e. The van der Waals surface area contributed by atoms with Gasteiger partial charge in [-0.25, -0.2) is 9.78 Å². The molecule has 2 heterocycles. The van der Waals surface area contributed by atoms with Crippen molar-refractivity contribution >= 4 is 73.1 Å². The number of pyridine rings is 1. The monoisotopic (exact) mass is 540 g/mol. The molecule has 182 valence electrons. The molecule has 0 radical (unpaired) electrons. The van der Waals surface area contributed by atoms with Crippen molar-refractivity contribution < 1.29 is 24.0 Å². The zero-order chi connectivity index (χ0) is 24.3. The molecule has 1 unspecified atom stereocenters. The van der Waals surface area contributed by atoms with Gasteiger partial charge in [-0.3, -0.25) is 14.4 Å². The maximum absolute atomic E-state index is 12.8. The second-order valence-corrected chi connectivity index (χ2v) is 12.1. The van der Waals surface area contributed by atoms with E-state index in [0.29, 0.717) is 29.7 Å². The van der Waals surface area contributed by atoms with E-state index in [4.69, 9.17) is 10.2 Å². The summed E-state index contributed by atoms with van der Waals surface area (Å²) < 4.78 is 0. The zero-order valence-electron chi connectivity index (χ0n) is 18.2. The van der Waals surface area contributed by atoms with E-state index in [9.17, 15) is 19.2 Å². The van der Waals surface area contributed by atoms with Crippen LogP contribution in [0, 0.1) is 11.3 Å². The molecular formula is C21H24N4O5S4. The molecule has 1 saturated heterocycles. The summed E-state index contributed by atoms with van der Waals surface area (Å²) in [4.78, 5) is 60.0. The Morgan fingerprint density at radius 2 is 1.82 bits per heavy atom. The highest BCUT2D eigenvalue weighted by Crippen LogP contribution is 2.44. The van der Waals surface area contributed by atoms with Crippen LogP contribution in [0.5, 0.6) is 0 Å². The van der Waals surface area contributed by atoms with Crippen LogP contribution in [0.1, 0.15) is 25.7 Å². The van der Waals surface area contributed by atoms with Crippen LogP contribution >= 0.6 is 43.2 Å². The predicted molar refractivity (Wildman–Crippen MR) is 136 cm³/mol. The highest BCUT2D eigenvalue weighted by molar-refractivity contribution is 8.78. The predicted octanol–water partition coefficient (Wildman–Crippen LogP) is 3.58. The Labute approximate surface area is 213 Å². The van der Waals surface area contributed by atoms with Crippen LogP contribution in [0.3, 0.4) is 0 Å². The number of carbonyl (C=O) groups is 4. The van der Waals surface area contributed by atoms with Gasteiger partial charge in [0.15, 0.2) is 0 Å². The molecule has 3 amide bonds. The first-order valence-corrected chi connectivity index (χ1v) is 15.2. The summed E-state index contributed by atoms with van der Waals surface area (Å²) in [6, 6.07) is 5.69. The molecule has 2 aliphatic rings. The third-order valence-electron chi connectivity index (χ3n) is 4.66. The molecule has 1 atom stereocenters. The quantitative estimate of drug-likeness (QED) is 0.153. The van der Waals surface area contributed by atoms with Crippen molar-refractivity contribution in [2.45, 2.75) is 30.7 Å². The van der Waals surface area contributed by atoms with Crippen molar-refractivity contribution in [2.24, 2.45) is 5.92 Å². The summed E-state index contributed by atoms with van der Waals surface area (Å²) in [5, 5.41) is 8.64. The zero-order valence-corrected chi connectivity index (χ0v) is 21.5. The molecule has 1 aliphatic heterocycles. The molecule has 0 aromatic carbocycles. The maximum atomic E-state index is 12.8. The van der Waals surface area contributed by atoms with Gasteiger partial charge in [0.25, 0.3) is 11.8 Å². The van der Waals surface area contributed by atoms with Crippen LogP contribution in [0.2, 0.25) is 0 Å². The second-order valence-electron chi connectivity index (χ2n) is 7.17. The molecule has 34 heavy (non-hydrogen) atoms. The summed E-state index contributed by atoms with van der Waals surface area (Å²) in [6.07, 6.45) is 4.93. The Hall–Kier alpha value is -1.96. The van der Waals surface area contributed by atoms with Crippen LogP contribution in [-0.4, -0.2) is 69.4 Å². The van der Waals surface area contributed by atoms with Gasteiger partial charge in [0.2, 0.25) is 5.91 Å². The fourth-order valence-corrected chi connectivity index (χ4v) is 6.93. The van der Waals surface area contributed by atoms with E-state index in [1.54, 1.807) is 43.5 Å². The number of carbonyl (C=O) groups excluding carboxylic acids is 4. The normalized spacial score (nSPS) is 16.9. The van der Waals surface area contributed by atoms with Gasteiger partial charge in [0.1, 0.15) is 5.03 Å². The van der Waals surface area contributed by atoms with Crippen molar-refractivity contribution in [1.82, 2.24) is 14.9 Å². The van der Waals surface area contributed by atoms with E-state index >= 15 is 0 Å². The Kier molecular flexibility index (Phi) is 10.8. The number of aromatic nitrogens is 1. The number of allylic oxidation sites excluding steroid dienone is 2. The first-order chi connectivity index (χ1) is 16.5. The number of hydroxylamine groups is 2. The van der Waals surface area contributed by atoms with Gasteiger partial charge in [-0.05, 0) is 22.9 Å². The highest BCUT2D eigenvalue weighted by Gasteiger charge is 2.33. The number of nitrogens with zero attached hydrogens (tertiary/aromatic N) is 3. The molecule has 0 bridgehead atoms. The lowest BCUT2D eigenvalue weighted by molar-refractivity contribution is -0.197. The van der Waals surface area contributed by atoms with E-state index in [1.165, 1.54) is 17.0 Å². The van der Waals surface area contributed by atoms with Crippen LogP contribution in [0.15, 0.2) is 40.4 Å². The lowest BCUT2D eigenvalue weighted by atomic mass is 10.3. The summed E-state index contributed by atoms with van der Waals surface area (Å²) in [6.45, 7) is 1.03. The SMILES string of the molecule is N=CC1C=C1SSCCN(CCSSc1ccccn1)C(=O)CCC(=O)ON1C(=O)CCC1=O. The van der Waals surface area contributed by atoms with Crippen LogP contribution in [-0.2, 0) is 24.0 Å². The van der Waals surface area contributed by atoms with Gasteiger partial charge in [-0.1, -0.05) is 44.5 Å². The number of hydrogen-bond donors (Lipinski definition) is 1. The summed E-state index contributed by atoms with van der Waals surface area (Å²) >= 11 is 0. The molecule has 9 nitrogen and oxygen atoms in total. The van der Waals surface area contributed by atoms with E-state index in [-0.39, 0.29) is 37.5 Å². The average Bonchev–Trinajstić information content (AvgIpc) is 3.55. The minimum Gasteiger partial charge on any atom is -0.341 e. The minimum atomic E-state index is -0.778. The smallest absolute Gasteiger partial charge is 0.333 e. The molecule has 1 N–H and O–H groups in total. The topological polar surface area (TPSA) is 121 Å². The van der Waals surface area contributed by atoms with Crippen molar-refractivity contribution in [3.05, 3.63) is 35.4 Å². The number of nitrogens with one attached hydrogen (secondary N) is 1. The maximum Gasteiger partial charge on any atom is 0.333 e. The Morgan fingerprint density at radius 3 is 2.44 bits per heavy atom. The second kappa shape index (κ2) is 13.8. The molecule has 1 aliphatic carbocycles. The van der Waals surface area contributed by atoms with Gasteiger partial charge in [-0.2, -0.15) is 0 Å². The number of imide groups is 1. The molecule has 1 aromatic heterocycles.